The van der Waals surface area contributed by atoms with Crippen molar-refractivity contribution in [1.29, 1.82) is 0 Å². The summed E-state index contributed by atoms with van der Waals surface area (Å²) in [5, 5.41) is 2.29. The zero-order valence-corrected chi connectivity index (χ0v) is 12.2. The van der Waals surface area contributed by atoms with Crippen LogP contribution in [0.2, 0.25) is 0 Å². The molecule has 3 fully saturated rings. The number of nitrogens with zero attached hydrogens (tertiary/aromatic N) is 1. The molecule has 1 N–H and O–H groups in total. The van der Waals surface area contributed by atoms with Crippen LogP contribution in [0.5, 0.6) is 0 Å². The molecule has 1 aliphatic carbocycles. The fourth-order valence-corrected chi connectivity index (χ4v) is 4.12. The average molecular weight is 292 g/mol. The lowest BCUT2D eigenvalue weighted by atomic mass is 9.82. The minimum Gasteiger partial charge on any atom is -0.294 e. The van der Waals surface area contributed by atoms with Crippen LogP contribution in [0.4, 0.5) is 0 Å². The molecule has 2 saturated heterocycles. The maximum absolute atomic E-state index is 12.9. The summed E-state index contributed by atoms with van der Waals surface area (Å²) >= 11 is 0. The van der Waals surface area contributed by atoms with E-state index in [1.807, 2.05) is 0 Å². The molecule has 0 bridgehead atoms. The fourth-order valence-electron chi connectivity index (χ4n) is 4.12. The van der Waals surface area contributed by atoms with Crippen molar-refractivity contribution in [3.63, 3.8) is 0 Å². The number of nitrogens with one attached hydrogen (secondary N) is 1. The Morgan fingerprint density at radius 1 is 1.10 bits per heavy atom. The molecule has 0 aromatic rings. The van der Waals surface area contributed by atoms with E-state index < -0.39 is 16.9 Å². The third-order valence-corrected chi connectivity index (χ3v) is 5.41. The maximum Gasteiger partial charge on any atom is 0.253 e. The van der Waals surface area contributed by atoms with E-state index in [4.69, 9.17) is 0 Å². The number of amides is 4. The average Bonchev–Trinajstić information content (AvgIpc) is 2.99. The van der Waals surface area contributed by atoms with E-state index in [1.54, 1.807) is 6.92 Å². The van der Waals surface area contributed by atoms with Gasteiger partial charge < -0.3 is 0 Å². The predicted molar refractivity (Wildman–Crippen MR) is 72.8 cm³/mol. The SMILES string of the molecule is CCC1(N2C(=O)CC3(CCCC3)C2=O)CCC(=O)NC1=O. The second-order valence-electron chi connectivity index (χ2n) is 6.46. The highest BCUT2D eigenvalue weighted by Crippen LogP contribution is 2.49. The summed E-state index contributed by atoms with van der Waals surface area (Å²) in [6.07, 6.45) is 4.34. The molecule has 114 valence electrons. The Morgan fingerprint density at radius 2 is 1.76 bits per heavy atom. The Morgan fingerprint density at radius 3 is 2.33 bits per heavy atom. The van der Waals surface area contributed by atoms with Crippen LogP contribution in [0.15, 0.2) is 0 Å². The van der Waals surface area contributed by atoms with Crippen molar-refractivity contribution in [3.05, 3.63) is 0 Å². The molecule has 1 spiro atoms. The minimum absolute atomic E-state index is 0.170. The Balaban J connectivity index is 1.97. The van der Waals surface area contributed by atoms with E-state index in [1.165, 1.54) is 4.90 Å². The van der Waals surface area contributed by atoms with E-state index in [9.17, 15) is 19.2 Å². The van der Waals surface area contributed by atoms with Gasteiger partial charge in [-0.15, -0.1) is 0 Å². The van der Waals surface area contributed by atoms with Crippen LogP contribution in [0.1, 0.15) is 58.3 Å². The van der Waals surface area contributed by atoms with Gasteiger partial charge in [0.25, 0.3) is 5.91 Å². The molecular weight excluding hydrogens is 272 g/mol. The summed E-state index contributed by atoms with van der Waals surface area (Å²) in [5.41, 5.74) is -1.75. The van der Waals surface area contributed by atoms with E-state index in [2.05, 4.69) is 5.32 Å². The molecule has 0 aromatic carbocycles. The van der Waals surface area contributed by atoms with Crippen LogP contribution >= 0.6 is 0 Å². The predicted octanol–water partition coefficient (Wildman–Crippen LogP) is 0.891. The molecule has 2 aliphatic heterocycles. The summed E-state index contributed by atoms with van der Waals surface area (Å²) in [7, 11) is 0. The Bertz CT molecular complexity index is 536. The Hall–Kier alpha value is -1.72. The van der Waals surface area contributed by atoms with Gasteiger partial charge in [0.1, 0.15) is 5.54 Å². The second kappa shape index (κ2) is 4.64. The summed E-state index contributed by atoms with van der Waals surface area (Å²) in [4.78, 5) is 50.3. The summed E-state index contributed by atoms with van der Waals surface area (Å²) < 4.78 is 0. The van der Waals surface area contributed by atoms with Gasteiger partial charge in [-0.2, -0.15) is 0 Å². The Kier molecular flexibility index (Phi) is 3.15. The maximum atomic E-state index is 12.9. The number of rotatable bonds is 2. The second-order valence-corrected chi connectivity index (χ2v) is 6.46. The van der Waals surface area contributed by atoms with Gasteiger partial charge in [0, 0.05) is 12.8 Å². The van der Waals surface area contributed by atoms with Crippen molar-refractivity contribution in [2.75, 3.05) is 0 Å². The van der Waals surface area contributed by atoms with E-state index in [0.717, 1.165) is 25.7 Å². The molecule has 0 aromatic heterocycles. The number of carbonyl (C=O) groups is 4. The number of hydrogen-bond acceptors (Lipinski definition) is 4. The van der Waals surface area contributed by atoms with Crippen LogP contribution in [-0.2, 0) is 19.2 Å². The normalized spacial score (nSPS) is 32.1. The van der Waals surface area contributed by atoms with Crippen molar-refractivity contribution in [2.45, 2.75) is 63.8 Å². The van der Waals surface area contributed by atoms with Gasteiger partial charge >= 0.3 is 0 Å². The third-order valence-electron chi connectivity index (χ3n) is 5.41. The van der Waals surface area contributed by atoms with Gasteiger partial charge in [0.15, 0.2) is 0 Å². The standard InChI is InChI=1S/C15H20N2O4/c1-2-15(8-5-10(18)16-12(15)20)17-11(19)9-14(13(17)21)6-3-4-7-14/h2-9H2,1H3,(H,16,18,20). The van der Waals surface area contributed by atoms with E-state index in [-0.39, 0.29) is 37.0 Å². The summed E-state index contributed by atoms with van der Waals surface area (Å²) in [6, 6.07) is 0. The molecule has 1 atom stereocenters. The van der Waals surface area contributed by atoms with Crippen molar-refractivity contribution in [2.24, 2.45) is 5.41 Å². The summed E-state index contributed by atoms with van der Waals surface area (Å²) in [6.45, 7) is 1.79. The molecule has 0 radical (unpaired) electrons. The van der Waals surface area contributed by atoms with E-state index >= 15 is 0 Å². The lowest BCUT2D eigenvalue weighted by molar-refractivity contribution is -0.160. The van der Waals surface area contributed by atoms with Gasteiger partial charge in [0.2, 0.25) is 17.7 Å². The van der Waals surface area contributed by atoms with Gasteiger partial charge in [-0.05, 0) is 25.7 Å². The monoisotopic (exact) mass is 292 g/mol. The van der Waals surface area contributed by atoms with E-state index in [0.29, 0.717) is 6.42 Å². The molecule has 1 unspecified atom stereocenters. The fraction of sp³-hybridized carbons (Fsp3) is 0.733. The number of likely N-dealkylation sites (tertiary alicyclic amines) is 1. The first-order valence-corrected chi connectivity index (χ1v) is 7.67. The lowest BCUT2D eigenvalue weighted by Crippen LogP contribution is -2.64. The first-order valence-electron chi connectivity index (χ1n) is 7.67. The molecule has 4 amide bonds. The van der Waals surface area contributed by atoms with Gasteiger partial charge in [0.05, 0.1) is 5.41 Å². The lowest BCUT2D eigenvalue weighted by Gasteiger charge is -2.41. The molecule has 2 heterocycles. The molecule has 6 nitrogen and oxygen atoms in total. The number of piperidine rings is 1. The number of hydrogen-bond donors (Lipinski definition) is 1. The van der Waals surface area contributed by atoms with Gasteiger partial charge in [-0.25, -0.2) is 0 Å². The van der Waals surface area contributed by atoms with Crippen LogP contribution < -0.4 is 5.32 Å². The highest BCUT2D eigenvalue weighted by molar-refractivity contribution is 6.13. The van der Waals surface area contributed by atoms with Gasteiger partial charge in [-0.1, -0.05) is 19.8 Å². The molecule has 6 heteroatoms. The largest absolute Gasteiger partial charge is 0.294 e. The smallest absolute Gasteiger partial charge is 0.253 e. The van der Waals surface area contributed by atoms with Crippen molar-refractivity contribution in [3.8, 4) is 0 Å². The van der Waals surface area contributed by atoms with Crippen molar-refractivity contribution < 1.29 is 19.2 Å². The zero-order chi connectivity index (χ0) is 15.3. The molecule has 1 saturated carbocycles. The highest BCUT2D eigenvalue weighted by Gasteiger charge is 2.60. The molecule has 3 aliphatic rings. The molecule has 21 heavy (non-hydrogen) atoms. The molecular formula is C15H20N2O4. The number of carbonyl (C=O) groups excluding carboxylic acids is 4. The quantitative estimate of drug-likeness (QED) is 0.766. The Labute approximate surface area is 123 Å². The number of imide groups is 2. The third kappa shape index (κ3) is 1.84. The molecule has 3 rings (SSSR count). The highest BCUT2D eigenvalue weighted by atomic mass is 16.2. The first-order chi connectivity index (χ1) is 9.95. The van der Waals surface area contributed by atoms with Crippen LogP contribution in [-0.4, -0.2) is 34.1 Å². The van der Waals surface area contributed by atoms with Crippen LogP contribution in [0, 0.1) is 5.41 Å². The first kappa shape index (κ1) is 14.2. The van der Waals surface area contributed by atoms with Crippen molar-refractivity contribution in [1.82, 2.24) is 10.2 Å². The summed E-state index contributed by atoms with van der Waals surface area (Å²) in [5.74, 6) is -1.29. The van der Waals surface area contributed by atoms with Crippen LogP contribution in [0.3, 0.4) is 0 Å². The van der Waals surface area contributed by atoms with Gasteiger partial charge in [-0.3, -0.25) is 29.4 Å². The zero-order valence-electron chi connectivity index (χ0n) is 12.2. The van der Waals surface area contributed by atoms with Crippen LogP contribution in [0.25, 0.3) is 0 Å². The topological polar surface area (TPSA) is 83.6 Å². The minimum atomic E-state index is -1.17. The van der Waals surface area contributed by atoms with Crippen molar-refractivity contribution >= 4 is 23.6 Å².